The zero-order valence-corrected chi connectivity index (χ0v) is 18.4. The minimum atomic E-state index is -3.04. The van der Waals surface area contributed by atoms with Gasteiger partial charge in [0, 0.05) is 6.04 Å². The van der Waals surface area contributed by atoms with Crippen LogP contribution in [-0.4, -0.2) is 46.4 Å². The zero-order chi connectivity index (χ0) is 20.9. The number of rotatable bonds is 4. The molecule has 7 nitrogen and oxygen atoms in total. The third kappa shape index (κ3) is 3.54. The van der Waals surface area contributed by atoms with Crippen molar-refractivity contribution in [2.45, 2.75) is 51.1 Å². The van der Waals surface area contributed by atoms with Crippen LogP contribution in [0.4, 0.5) is 0 Å². The maximum Gasteiger partial charge on any atom is 0.272 e. The lowest BCUT2D eigenvalue weighted by Gasteiger charge is -2.15. The third-order valence-corrected chi connectivity index (χ3v) is 8.75. The molecule has 1 saturated carbocycles. The van der Waals surface area contributed by atoms with Gasteiger partial charge in [-0.1, -0.05) is 18.9 Å². The molecular weight excluding hydrogens is 420 g/mol. The van der Waals surface area contributed by atoms with Crippen LogP contribution < -0.4 is 5.32 Å². The highest BCUT2D eigenvalue weighted by atomic mass is 32.2. The number of pyridine rings is 1. The van der Waals surface area contributed by atoms with Crippen molar-refractivity contribution in [3.8, 4) is 10.6 Å². The van der Waals surface area contributed by atoms with Crippen LogP contribution in [0, 0.1) is 6.92 Å². The second kappa shape index (κ2) is 7.46. The standard InChI is InChI=1S/C21H24N4O3S2/c1-13-22-19-17(25(13)15-8-10-30(27,28)12-15)11-16(18-7-4-9-29-18)24-20(19)21(26)23-14-5-2-3-6-14/h4,7,9,11,14-15H,2-3,5-6,8,10,12H2,1H3,(H,23,26). The van der Waals surface area contributed by atoms with Crippen molar-refractivity contribution in [2.75, 3.05) is 11.5 Å². The molecule has 0 radical (unpaired) electrons. The molecule has 1 aliphatic carbocycles. The molecule has 1 aliphatic heterocycles. The van der Waals surface area contributed by atoms with Crippen molar-refractivity contribution in [3.63, 3.8) is 0 Å². The smallest absolute Gasteiger partial charge is 0.272 e. The molecule has 5 rings (SSSR count). The monoisotopic (exact) mass is 444 g/mol. The van der Waals surface area contributed by atoms with E-state index in [0.717, 1.165) is 41.8 Å². The van der Waals surface area contributed by atoms with E-state index in [4.69, 9.17) is 4.98 Å². The van der Waals surface area contributed by atoms with Crippen molar-refractivity contribution in [1.29, 1.82) is 0 Å². The van der Waals surface area contributed by atoms with E-state index in [1.54, 1.807) is 11.3 Å². The molecule has 0 bridgehead atoms. The normalized spacial score (nSPS) is 21.4. The molecule has 0 spiro atoms. The molecule has 9 heteroatoms. The molecule has 1 atom stereocenters. The van der Waals surface area contributed by atoms with Gasteiger partial charge in [0.05, 0.1) is 33.6 Å². The summed E-state index contributed by atoms with van der Waals surface area (Å²) in [5.74, 6) is 0.815. The number of imidazole rings is 1. The summed E-state index contributed by atoms with van der Waals surface area (Å²) in [7, 11) is -3.04. The quantitative estimate of drug-likeness (QED) is 0.665. The molecule has 30 heavy (non-hydrogen) atoms. The lowest BCUT2D eigenvalue weighted by Crippen LogP contribution is -2.33. The van der Waals surface area contributed by atoms with Crippen LogP contribution in [0.2, 0.25) is 0 Å². The van der Waals surface area contributed by atoms with Crippen LogP contribution >= 0.6 is 11.3 Å². The van der Waals surface area contributed by atoms with E-state index in [1.807, 2.05) is 35.1 Å². The van der Waals surface area contributed by atoms with E-state index in [-0.39, 0.29) is 29.5 Å². The Morgan fingerprint density at radius 2 is 2.03 bits per heavy atom. The number of hydrogen-bond acceptors (Lipinski definition) is 6. The first-order valence-corrected chi connectivity index (χ1v) is 13.1. The first-order valence-electron chi connectivity index (χ1n) is 10.4. The van der Waals surface area contributed by atoms with Crippen LogP contribution in [-0.2, 0) is 9.84 Å². The molecule has 1 amide bonds. The second-order valence-corrected chi connectivity index (χ2v) is 11.4. The average molecular weight is 445 g/mol. The Morgan fingerprint density at radius 3 is 2.70 bits per heavy atom. The predicted molar refractivity (Wildman–Crippen MR) is 118 cm³/mol. The van der Waals surface area contributed by atoms with Gasteiger partial charge in [0.15, 0.2) is 15.5 Å². The molecule has 4 heterocycles. The van der Waals surface area contributed by atoms with Crippen molar-refractivity contribution in [3.05, 3.63) is 35.1 Å². The van der Waals surface area contributed by atoms with Gasteiger partial charge in [-0.05, 0) is 43.7 Å². The summed E-state index contributed by atoms with van der Waals surface area (Å²) in [4.78, 5) is 23.5. The fraction of sp³-hybridized carbons (Fsp3) is 0.476. The van der Waals surface area contributed by atoms with Crippen molar-refractivity contribution >= 4 is 38.1 Å². The molecule has 158 valence electrons. The summed E-state index contributed by atoms with van der Waals surface area (Å²) in [6, 6.07) is 5.90. The summed E-state index contributed by atoms with van der Waals surface area (Å²) < 4.78 is 26.2. The van der Waals surface area contributed by atoms with Gasteiger partial charge in [0.1, 0.15) is 11.3 Å². The summed E-state index contributed by atoms with van der Waals surface area (Å²) >= 11 is 1.56. The SMILES string of the molecule is Cc1nc2c(C(=O)NC3CCCC3)nc(-c3cccs3)cc2n1C1CCS(=O)(=O)C1. The number of aromatic nitrogens is 3. The lowest BCUT2D eigenvalue weighted by atomic mass is 10.2. The largest absolute Gasteiger partial charge is 0.348 e. The van der Waals surface area contributed by atoms with Crippen LogP contribution in [0.15, 0.2) is 23.6 Å². The Kier molecular flexibility index (Phi) is 4.89. The first-order chi connectivity index (χ1) is 14.4. The van der Waals surface area contributed by atoms with Crippen molar-refractivity contribution in [1.82, 2.24) is 19.9 Å². The molecule has 1 unspecified atom stereocenters. The highest BCUT2D eigenvalue weighted by Crippen LogP contribution is 2.33. The first kappa shape index (κ1) is 19.7. The average Bonchev–Trinajstić information content (AvgIpc) is 3.47. The number of thiophene rings is 1. The highest BCUT2D eigenvalue weighted by molar-refractivity contribution is 7.91. The molecule has 2 fully saturated rings. The van der Waals surface area contributed by atoms with Gasteiger partial charge < -0.3 is 9.88 Å². The number of amides is 1. The van der Waals surface area contributed by atoms with Gasteiger partial charge in [-0.2, -0.15) is 0 Å². The van der Waals surface area contributed by atoms with Gasteiger partial charge in [-0.3, -0.25) is 4.79 Å². The Balaban J connectivity index is 1.65. The van der Waals surface area contributed by atoms with Crippen LogP contribution in [0.25, 0.3) is 21.6 Å². The summed E-state index contributed by atoms with van der Waals surface area (Å²) in [5.41, 5.74) is 2.37. The molecule has 3 aromatic rings. The summed E-state index contributed by atoms with van der Waals surface area (Å²) in [6.07, 6.45) is 4.81. The number of carbonyl (C=O) groups excluding carboxylic acids is 1. The maximum absolute atomic E-state index is 13.2. The number of carbonyl (C=O) groups is 1. The summed E-state index contributed by atoms with van der Waals surface area (Å²) in [5, 5.41) is 5.11. The Labute approximate surface area is 179 Å². The Hall–Kier alpha value is -2.26. The highest BCUT2D eigenvalue weighted by Gasteiger charge is 2.32. The number of nitrogens with zero attached hydrogens (tertiary/aromatic N) is 3. The van der Waals surface area contributed by atoms with Gasteiger partial charge in [0.25, 0.3) is 5.91 Å². The molecule has 0 aromatic carbocycles. The Bertz CT molecular complexity index is 1210. The molecule has 1 saturated heterocycles. The minimum Gasteiger partial charge on any atom is -0.348 e. The molecular formula is C21H24N4O3S2. The van der Waals surface area contributed by atoms with E-state index in [2.05, 4.69) is 10.3 Å². The Morgan fingerprint density at radius 1 is 1.23 bits per heavy atom. The van der Waals surface area contributed by atoms with E-state index < -0.39 is 9.84 Å². The van der Waals surface area contributed by atoms with E-state index in [1.165, 1.54) is 0 Å². The van der Waals surface area contributed by atoms with Gasteiger partial charge in [0.2, 0.25) is 0 Å². The van der Waals surface area contributed by atoms with Gasteiger partial charge in [-0.15, -0.1) is 11.3 Å². The van der Waals surface area contributed by atoms with Crippen molar-refractivity contribution < 1.29 is 13.2 Å². The predicted octanol–water partition coefficient (Wildman–Crippen LogP) is 3.50. The van der Waals surface area contributed by atoms with Crippen molar-refractivity contribution in [2.24, 2.45) is 0 Å². The number of nitrogens with one attached hydrogen (secondary N) is 1. The zero-order valence-electron chi connectivity index (χ0n) is 16.8. The number of sulfone groups is 1. The van der Waals surface area contributed by atoms with Crippen LogP contribution in [0.1, 0.15) is 54.5 Å². The molecule has 2 aliphatic rings. The maximum atomic E-state index is 13.2. The molecule has 3 aromatic heterocycles. The van der Waals surface area contributed by atoms with E-state index in [0.29, 0.717) is 23.5 Å². The second-order valence-electron chi connectivity index (χ2n) is 8.24. The van der Waals surface area contributed by atoms with Gasteiger partial charge in [-0.25, -0.2) is 18.4 Å². The third-order valence-electron chi connectivity index (χ3n) is 6.11. The van der Waals surface area contributed by atoms with E-state index in [9.17, 15) is 13.2 Å². The molecule has 1 N–H and O–H groups in total. The lowest BCUT2D eigenvalue weighted by molar-refractivity contribution is 0.0934. The topological polar surface area (TPSA) is 93.9 Å². The van der Waals surface area contributed by atoms with Crippen LogP contribution in [0.3, 0.4) is 0 Å². The minimum absolute atomic E-state index is 0.111. The number of hydrogen-bond donors (Lipinski definition) is 1. The van der Waals surface area contributed by atoms with Crippen LogP contribution in [0.5, 0.6) is 0 Å². The fourth-order valence-electron chi connectivity index (χ4n) is 4.68. The summed E-state index contributed by atoms with van der Waals surface area (Å²) in [6.45, 7) is 1.87. The fourth-order valence-corrected chi connectivity index (χ4v) is 7.07. The number of fused-ring (bicyclic) bond motifs is 1. The number of aryl methyl sites for hydroxylation is 1. The van der Waals surface area contributed by atoms with E-state index >= 15 is 0 Å². The van der Waals surface area contributed by atoms with Gasteiger partial charge >= 0.3 is 0 Å².